The third-order valence-electron chi connectivity index (χ3n) is 4.47. The van der Waals surface area contributed by atoms with Gasteiger partial charge in [0.05, 0.1) is 22.7 Å². The molecule has 0 aromatic rings. The minimum absolute atomic E-state index is 0.0932. The number of hydrogen-bond acceptors (Lipinski definition) is 12. The summed E-state index contributed by atoms with van der Waals surface area (Å²) in [6.45, 7) is 3.96. The Balaban J connectivity index is 0. The van der Waals surface area contributed by atoms with Crippen molar-refractivity contribution in [2.75, 3.05) is 55.4 Å². The average molecular weight is 581 g/mol. The van der Waals surface area contributed by atoms with Crippen LogP contribution in [0.2, 0.25) is 12.1 Å². The summed E-state index contributed by atoms with van der Waals surface area (Å²) < 4.78 is 40.2. The zero-order valence-electron chi connectivity index (χ0n) is 22.7. The van der Waals surface area contributed by atoms with Crippen LogP contribution >= 0.6 is 0 Å². The van der Waals surface area contributed by atoms with Gasteiger partial charge in [0, 0.05) is 65.9 Å². The number of ether oxygens (including phenoxy) is 5. The van der Waals surface area contributed by atoms with Crippen molar-refractivity contribution in [1.29, 1.82) is 0 Å². The summed E-state index contributed by atoms with van der Waals surface area (Å²) >= 11 is 0. The van der Waals surface area contributed by atoms with Crippen molar-refractivity contribution in [3.63, 3.8) is 0 Å². The van der Waals surface area contributed by atoms with Gasteiger partial charge in [-0.25, -0.2) is 19.2 Å². The normalized spacial score (nSPS) is 11.5. The van der Waals surface area contributed by atoms with E-state index in [4.69, 9.17) is 37.3 Å². The second kappa shape index (κ2) is 24.7. The molecule has 0 aliphatic heterocycles. The van der Waals surface area contributed by atoms with Crippen LogP contribution in [0.5, 0.6) is 0 Å². The zero-order valence-corrected chi connectivity index (χ0v) is 25.1. The first-order valence-electron chi connectivity index (χ1n) is 11.5. The van der Waals surface area contributed by atoms with Crippen LogP contribution < -0.4 is 0 Å². The largest absolute Gasteiger partial charge is 0.500 e. The van der Waals surface area contributed by atoms with Crippen LogP contribution in [0.15, 0.2) is 37.0 Å². The molecule has 0 aliphatic carbocycles. The summed E-state index contributed by atoms with van der Waals surface area (Å²) in [5.41, 5.74) is 0. The van der Waals surface area contributed by atoms with Gasteiger partial charge < -0.3 is 42.1 Å². The Labute approximate surface area is 226 Å². The number of hydrogen-bond donors (Lipinski definition) is 1. The molecule has 0 aromatic carbocycles. The third-order valence-corrected chi connectivity index (χ3v) is 9.35. The lowest BCUT2D eigenvalue weighted by Crippen LogP contribution is -2.42. The van der Waals surface area contributed by atoms with Crippen molar-refractivity contribution in [1.82, 2.24) is 0 Å². The summed E-state index contributed by atoms with van der Waals surface area (Å²) in [7, 11) is 4.61. The second-order valence-electron chi connectivity index (χ2n) is 7.05. The number of carbonyl (C=O) groups is 4. The number of aliphatic carboxylic acids is 1. The molecule has 0 aliphatic rings. The van der Waals surface area contributed by atoms with Crippen LogP contribution in [-0.2, 0) is 56.1 Å². The predicted octanol–water partition coefficient (Wildman–Crippen LogP) is 0.807. The maximum absolute atomic E-state index is 11.3. The van der Waals surface area contributed by atoms with E-state index in [1.807, 2.05) is 0 Å². The topological polar surface area (TPSA) is 162 Å². The average Bonchev–Trinajstić information content (AvgIpc) is 2.92. The van der Waals surface area contributed by atoms with Crippen LogP contribution in [0.25, 0.3) is 0 Å². The zero-order chi connectivity index (χ0) is 29.2. The molecule has 0 fully saturated rings. The van der Waals surface area contributed by atoms with Gasteiger partial charge >= 0.3 is 32.7 Å². The molecule has 15 heteroatoms. The van der Waals surface area contributed by atoms with Gasteiger partial charge in [0.15, 0.2) is 0 Å². The van der Waals surface area contributed by atoms with E-state index in [0.717, 1.165) is 36.8 Å². The molecule has 38 heavy (non-hydrogen) atoms. The van der Waals surface area contributed by atoms with Gasteiger partial charge in [-0.05, 0) is 12.8 Å². The minimum Gasteiger partial charge on any atom is -0.478 e. The number of methoxy groups -OCH3 is 2. The van der Waals surface area contributed by atoms with Crippen molar-refractivity contribution < 1.29 is 61.2 Å². The third kappa shape index (κ3) is 21.4. The molecule has 218 valence electrons. The van der Waals surface area contributed by atoms with Crippen LogP contribution in [0.1, 0.15) is 12.8 Å². The molecule has 0 saturated heterocycles. The van der Waals surface area contributed by atoms with Crippen molar-refractivity contribution >= 4 is 42.2 Å². The highest BCUT2D eigenvalue weighted by molar-refractivity contribution is 6.60. The van der Waals surface area contributed by atoms with E-state index in [1.165, 1.54) is 27.4 Å². The van der Waals surface area contributed by atoms with Crippen molar-refractivity contribution in [2.45, 2.75) is 30.8 Å². The highest BCUT2D eigenvalue weighted by atomic mass is 28.4. The number of rotatable bonds is 20. The maximum atomic E-state index is 11.3. The Morgan fingerprint density at radius 3 is 1.71 bits per heavy atom. The summed E-state index contributed by atoms with van der Waals surface area (Å²) in [5, 5.41) is 8.27. The number of esters is 3. The van der Waals surface area contributed by atoms with E-state index >= 15 is 0 Å². The standard InChI is InChI=1S/C13H22O7Si.C10H18O6Si/c1-5-9-19-12(14)7-8-13(15)20-10-6-11-21(16-2,17-3)18-4;1-14-10(15-2)17-7-3-6-16-9(13)5-4-8(11)12/h5,7-8H,1,6,9-11H2,2-4H3;4-5,10H,3,6-7,17H2,1-2H3,(H,11,12). The Morgan fingerprint density at radius 2 is 1.26 bits per heavy atom. The fraction of sp³-hybridized carbons (Fsp3) is 0.565. The quantitative estimate of drug-likeness (QED) is 0.0410. The Kier molecular flexibility index (Phi) is 24.3. The maximum Gasteiger partial charge on any atom is 0.500 e. The summed E-state index contributed by atoms with van der Waals surface area (Å²) in [5.74, 6) is -3.15. The van der Waals surface area contributed by atoms with Crippen LogP contribution in [0.3, 0.4) is 0 Å². The Hall–Kier alpha value is -2.67. The smallest absolute Gasteiger partial charge is 0.478 e. The van der Waals surface area contributed by atoms with E-state index in [1.54, 1.807) is 14.2 Å². The molecule has 1 N–H and O–H groups in total. The van der Waals surface area contributed by atoms with E-state index in [0.29, 0.717) is 12.5 Å². The molecular formula is C23H40O13Si2. The molecule has 0 rings (SSSR count). The molecule has 0 unspecified atom stereocenters. The lowest BCUT2D eigenvalue weighted by Gasteiger charge is -2.23. The first kappa shape index (κ1) is 37.5. The molecule has 13 nitrogen and oxygen atoms in total. The van der Waals surface area contributed by atoms with E-state index in [9.17, 15) is 19.2 Å². The minimum atomic E-state index is -2.63. The van der Waals surface area contributed by atoms with E-state index < -0.39 is 42.2 Å². The molecule has 0 amide bonds. The van der Waals surface area contributed by atoms with Gasteiger partial charge in [-0.1, -0.05) is 18.7 Å². The first-order chi connectivity index (χ1) is 18.1. The van der Waals surface area contributed by atoms with Crippen LogP contribution in [0, 0.1) is 0 Å². The van der Waals surface area contributed by atoms with Gasteiger partial charge in [-0.2, -0.15) is 0 Å². The molecular weight excluding hydrogens is 540 g/mol. The lowest BCUT2D eigenvalue weighted by molar-refractivity contribution is -0.140. The molecule has 0 spiro atoms. The number of carbonyl (C=O) groups excluding carboxylic acids is 3. The van der Waals surface area contributed by atoms with E-state index in [-0.39, 0.29) is 25.7 Å². The van der Waals surface area contributed by atoms with Crippen molar-refractivity contribution in [2.24, 2.45) is 0 Å². The molecule has 0 heterocycles. The SMILES string of the molecule is C=CCOC(=O)C=CC(=O)OCCC[Si](OC)(OC)OC.COC(OC)[SiH2]CCCOC(=O)C=CC(=O)O. The Bertz CT molecular complexity index is 739. The van der Waals surface area contributed by atoms with Gasteiger partial charge in [0.1, 0.15) is 12.5 Å². The number of carboxylic acid groups (broad SMARTS) is 1. The van der Waals surface area contributed by atoms with Gasteiger partial charge in [-0.15, -0.1) is 0 Å². The van der Waals surface area contributed by atoms with E-state index in [2.05, 4.69) is 11.3 Å². The van der Waals surface area contributed by atoms with Crippen molar-refractivity contribution in [3.8, 4) is 0 Å². The fourth-order valence-electron chi connectivity index (χ4n) is 2.50. The predicted molar refractivity (Wildman–Crippen MR) is 141 cm³/mol. The van der Waals surface area contributed by atoms with Gasteiger partial charge in [-0.3, -0.25) is 0 Å². The van der Waals surface area contributed by atoms with Gasteiger partial charge in [0.2, 0.25) is 0 Å². The Morgan fingerprint density at radius 1 is 0.789 bits per heavy atom. The molecule has 0 radical (unpaired) electrons. The monoisotopic (exact) mass is 580 g/mol. The first-order valence-corrected chi connectivity index (χ1v) is 15.3. The summed E-state index contributed by atoms with van der Waals surface area (Å²) in [6, 6.07) is 1.46. The molecule has 0 atom stereocenters. The molecule has 0 aromatic heterocycles. The van der Waals surface area contributed by atoms with Gasteiger partial charge in [0.25, 0.3) is 0 Å². The fourth-order valence-corrected chi connectivity index (χ4v) is 5.48. The highest BCUT2D eigenvalue weighted by Gasteiger charge is 2.36. The van der Waals surface area contributed by atoms with Crippen LogP contribution in [-0.4, -0.2) is 109 Å². The highest BCUT2D eigenvalue weighted by Crippen LogP contribution is 2.14. The lowest BCUT2D eigenvalue weighted by atomic mass is 10.5. The van der Waals surface area contributed by atoms with Crippen molar-refractivity contribution in [3.05, 3.63) is 37.0 Å². The molecule has 0 saturated carbocycles. The number of carboxylic acids is 1. The molecule has 0 bridgehead atoms. The summed E-state index contributed by atoms with van der Waals surface area (Å²) in [6.07, 6.45) is 6.37. The summed E-state index contributed by atoms with van der Waals surface area (Å²) in [4.78, 5) is 43.5. The van der Waals surface area contributed by atoms with Crippen LogP contribution in [0.4, 0.5) is 0 Å². The second-order valence-corrected chi connectivity index (χ2v) is 12.1.